The van der Waals surface area contributed by atoms with Gasteiger partial charge in [0.25, 0.3) is 0 Å². The number of rotatable bonds is 5. The van der Waals surface area contributed by atoms with Crippen LogP contribution in [-0.2, 0) is 16.1 Å². The van der Waals surface area contributed by atoms with Crippen LogP contribution in [0.2, 0.25) is 0 Å². The van der Waals surface area contributed by atoms with Crippen molar-refractivity contribution in [3.05, 3.63) is 84.2 Å². The van der Waals surface area contributed by atoms with E-state index >= 15 is 0 Å². The standard InChI is InChI=1S/C24H18F2N4O2S/c25-17-10-19(26)22-20(11-17)33-24(28-22)30(13-15-5-4-8-27-12-15)23(32)16-9-21(31)29(14-16)18-6-2-1-3-7-18/h1-8,10-12,16H,9,13-14H2. The van der Waals surface area contributed by atoms with Gasteiger partial charge in [-0.05, 0) is 29.8 Å². The van der Waals surface area contributed by atoms with Gasteiger partial charge in [0.15, 0.2) is 10.9 Å². The van der Waals surface area contributed by atoms with Crippen LogP contribution in [0.15, 0.2) is 67.0 Å². The molecular formula is C24H18F2N4O2S. The molecule has 166 valence electrons. The number of amides is 2. The average Bonchev–Trinajstić information content (AvgIpc) is 3.42. The molecule has 1 aliphatic rings. The first kappa shape index (κ1) is 21.1. The van der Waals surface area contributed by atoms with E-state index in [0.29, 0.717) is 4.70 Å². The van der Waals surface area contributed by atoms with E-state index in [1.54, 1.807) is 23.4 Å². The molecule has 1 saturated heterocycles. The summed E-state index contributed by atoms with van der Waals surface area (Å²) in [6.07, 6.45) is 3.31. The maximum Gasteiger partial charge on any atom is 0.234 e. The molecule has 2 aromatic heterocycles. The molecule has 1 atom stereocenters. The van der Waals surface area contributed by atoms with Crippen molar-refractivity contribution in [3.8, 4) is 0 Å². The number of hydrogen-bond acceptors (Lipinski definition) is 5. The van der Waals surface area contributed by atoms with Crippen molar-refractivity contribution < 1.29 is 18.4 Å². The summed E-state index contributed by atoms with van der Waals surface area (Å²) in [5.74, 6) is -2.53. The van der Waals surface area contributed by atoms with Crippen molar-refractivity contribution in [1.29, 1.82) is 0 Å². The molecule has 3 heterocycles. The predicted octanol–water partition coefficient (Wildman–Crippen LogP) is 4.56. The summed E-state index contributed by atoms with van der Waals surface area (Å²) in [4.78, 5) is 37.7. The molecule has 0 bridgehead atoms. The zero-order valence-electron chi connectivity index (χ0n) is 17.3. The molecule has 1 fully saturated rings. The number of fused-ring (bicyclic) bond motifs is 1. The van der Waals surface area contributed by atoms with Crippen LogP contribution in [0.4, 0.5) is 19.6 Å². The molecule has 9 heteroatoms. The molecule has 0 radical (unpaired) electrons. The molecule has 4 aromatic rings. The SMILES string of the molecule is O=C1CC(C(=O)N(Cc2cccnc2)c2nc3c(F)cc(F)cc3s2)CN1c1ccccc1. The summed E-state index contributed by atoms with van der Waals surface area (Å²) in [5.41, 5.74) is 1.49. The van der Waals surface area contributed by atoms with Gasteiger partial charge in [-0.15, -0.1) is 0 Å². The average molecular weight is 464 g/mol. The van der Waals surface area contributed by atoms with Crippen molar-refractivity contribution in [2.24, 2.45) is 5.92 Å². The van der Waals surface area contributed by atoms with Crippen LogP contribution >= 0.6 is 11.3 Å². The Morgan fingerprint density at radius 1 is 1.15 bits per heavy atom. The summed E-state index contributed by atoms with van der Waals surface area (Å²) in [7, 11) is 0. The maximum absolute atomic E-state index is 14.3. The van der Waals surface area contributed by atoms with Crippen LogP contribution in [0.3, 0.4) is 0 Å². The Hall–Kier alpha value is -3.72. The number of pyridine rings is 1. The molecule has 0 saturated carbocycles. The number of nitrogens with zero attached hydrogens (tertiary/aromatic N) is 4. The Morgan fingerprint density at radius 2 is 1.97 bits per heavy atom. The van der Waals surface area contributed by atoms with Crippen molar-refractivity contribution in [1.82, 2.24) is 9.97 Å². The highest BCUT2D eigenvalue weighted by molar-refractivity contribution is 7.22. The Bertz CT molecular complexity index is 1330. The van der Waals surface area contributed by atoms with Crippen LogP contribution < -0.4 is 9.80 Å². The van der Waals surface area contributed by atoms with Gasteiger partial charge in [0.2, 0.25) is 11.8 Å². The van der Waals surface area contributed by atoms with Crippen molar-refractivity contribution >= 4 is 44.2 Å². The lowest BCUT2D eigenvalue weighted by Gasteiger charge is -2.23. The van der Waals surface area contributed by atoms with Gasteiger partial charge in [-0.25, -0.2) is 13.8 Å². The summed E-state index contributed by atoms with van der Waals surface area (Å²) < 4.78 is 28.3. The number of aromatic nitrogens is 2. The minimum Gasteiger partial charge on any atom is -0.312 e. The van der Waals surface area contributed by atoms with Gasteiger partial charge in [0, 0.05) is 37.1 Å². The van der Waals surface area contributed by atoms with Crippen LogP contribution in [0.1, 0.15) is 12.0 Å². The first-order valence-electron chi connectivity index (χ1n) is 10.3. The third-order valence-electron chi connectivity index (χ3n) is 5.50. The lowest BCUT2D eigenvalue weighted by Crippen LogP contribution is -2.37. The topological polar surface area (TPSA) is 66.4 Å². The number of carbonyl (C=O) groups excluding carboxylic acids is 2. The van der Waals surface area contributed by atoms with Crippen molar-refractivity contribution in [2.45, 2.75) is 13.0 Å². The number of para-hydroxylation sites is 1. The molecule has 0 spiro atoms. The van der Waals surface area contributed by atoms with Crippen molar-refractivity contribution in [3.63, 3.8) is 0 Å². The van der Waals surface area contributed by atoms with Gasteiger partial charge >= 0.3 is 0 Å². The minimum absolute atomic E-state index is 0.00815. The number of carbonyl (C=O) groups is 2. The quantitative estimate of drug-likeness (QED) is 0.435. The molecule has 2 amide bonds. The van der Waals surface area contributed by atoms with E-state index in [1.807, 2.05) is 36.4 Å². The number of halogens is 2. The van der Waals surface area contributed by atoms with E-state index in [-0.39, 0.29) is 42.0 Å². The van der Waals surface area contributed by atoms with Crippen LogP contribution in [0.5, 0.6) is 0 Å². The Labute approximate surface area is 192 Å². The second kappa shape index (κ2) is 8.67. The van der Waals surface area contributed by atoms with E-state index in [1.165, 1.54) is 11.0 Å². The largest absolute Gasteiger partial charge is 0.312 e. The Morgan fingerprint density at radius 3 is 2.73 bits per heavy atom. The first-order chi connectivity index (χ1) is 16.0. The second-order valence-electron chi connectivity index (χ2n) is 7.76. The van der Waals surface area contributed by atoms with Gasteiger partial charge in [0.1, 0.15) is 11.3 Å². The van der Waals surface area contributed by atoms with Gasteiger partial charge in [-0.1, -0.05) is 35.6 Å². The minimum atomic E-state index is -0.785. The molecule has 6 nitrogen and oxygen atoms in total. The molecular weight excluding hydrogens is 446 g/mol. The van der Waals surface area contributed by atoms with Crippen LogP contribution in [0, 0.1) is 17.6 Å². The molecule has 1 aliphatic heterocycles. The zero-order valence-corrected chi connectivity index (χ0v) is 18.1. The Balaban J connectivity index is 1.49. The summed E-state index contributed by atoms with van der Waals surface area (Å²) >= 11 is 1.03. The fraction of sp³-hybridized carbons (Fsp3) is 0.167. The molecule has 0 aliphatic carbocycles. The normalized spacial score (nSPS) is 15.9. The predicted molar refractivity (Wildman–Crippen MR) is 122 cm³/mol. The van der Waals surface area contributed by atoms with Gasteiger partial charge < -0.3 is 4.90 Å². The lowest BCUT2D eigenvalue weighted by atomic mass is 10.1. The third kappa shape index (κ3) is 4.19. The zero-order chi connectivity index (χ0) is 22.9. The van der Waals surface area contributed by atoms with E-state index in [2.05, 4.69) is 9.97 Å². The summed E-state index contributed by atoms with van der Waals surface area (Å²) in [6.45, 7) is 0.381. The highest BCUT2D eigenvalue weighted by Crippen LogP contribution is 2.34. The molecule has 5 rings (SSSR count). The monoisotopic (exact) mass is 464 g/mol. The van der Waals surface area contributed by atoms with Gasteiger partial charge in [-0.3, -0.25) is 19.5 Å². The maximum atomic E-state index is 14.3. The van der Waals surface area contributed by atoms with Crippen LogP contribution in [0.25, 0.3) is 10.2 Å². The fourth-order valence-electron chi connectivity index (χ4n) is 3.93. The second-order valence-corrected chi connectivity index (χ2v) is 8.77. The van der Waals surface area contributed by atoms with E-state index in [0.717, 1.165) is 28.7 Å². The summed E-state index contributed by atoms with van der Waals surface area (Å²) in [5, 5.41) is 0.244. The number of benzene rings is 2. The van der Waals surface area contributed by atoms with Gasteiger partial charge in [0.05, 0.1) is 17.2 Å². The fourth-order valence-corrected chi connectivity index (χ4v) is 4.94. The molecule has 2 aromatic carbocycles. The van der Waals surface area contributed by atoms with Gasteiger partial charge in [-0.2, -0.15) is 0 Å². The number of hydrogen-bond donors (Lipinski definition) is 0. The van der Waals surface area contributed by atoms with Crippen molar-refractivity contribution in [2.75, 3.05) is 16.3 Å². The number of thiazole rings is 1. The Kier molecular flexibility index (Phi) is 5.55. The first-order valence-corrected chi connectivity index (χ1v) is 11.1. The van der Waals surface area contributed by atoms with Crippen LogP contribution in [-0.4, -0.2) is 28.3 Å². The van der Waals surface area contributed by atoms with E-state index in [4.69, 9.17) is 0 Å². The molecule has 1 unspecified atom stereocenters. The highest BCUT2D eigenvalue weighted by atomic mass is 32.1. The lowest BCUT2D eigenvalue weighted by molar-refractivity contribution is -0.124. The van der Waals surface area contributed by atoms with E-state index in [9.17, 15) is 18.4 Å². The third-order valence-corrected chi connectivity index (χ3v) is 6.53. The number of anilines is 2. The smallest absolute Gasteiger partial charge is 0.234 e. The summed E-state index contributed by atoms with van der Waals surface area (Å²) in [6, 6.07) is 14.7. The van der Waals surface area contributed by atoms with E-state index < -0.39 is 17.6 Å². The highest BCUT2D eigenvalue weighted by Gasteiger charge is 2.38. The molecule has 0 N–H and O–H groups in total. The molecule has 33 heavy (non-hydrogen) atoms.